The van der Waals surface area contributed by atoms with Crippen molar-refractivity contribution in [3.63, 3.8) is 0 Å². The summed E-state index contributed by atoms with van der Waals surface area (Å²) in [7, 11) is 0. The summed E-state index contributed by atoms with van der Waals surface area (Å²) in [5.41, 5.74) is 2.40. The molecular weight excluding hydrogens is 433 g/mol. The Labute approximate surface area is 193 Å². The van der Waals surface area contributed by atoms with E-state index in [1.165, 1.54) is 6.26 Å². The van der Waals surface area contributed by atoms with E-state index in [0.717, 1.165) is 17.5 Å². The van der Waals surface area contributed by atoms with Crippen molar-refractivity contribution in [3.8, 4) is 0 Å². The average Bonchev–Trinajstić information content (AvgIpc) is 3.23. The van der Waals surface area contributed by atoms with Crippen LogP contribution in [0.15, 0.2) is 59.2 Å². The maximum absolute atomic E-state index is 12.4. The number of amides is 1. The monoisotopic (exact) mass is 459 g/mol. The maximum Gasteiger partial charge on any atom is 0.273 e. The second-order valence-electron chi connectivity index (χ2n) is 7.64. The maximum atomic E-state index is 12.4. The van der Waals surface area contributed by atoms with Crippen LogP contribution in [-0.2, 0) is 13.1 Å². The van der Waals surface area contributed by atoms with E-state index in [0.29, 0.717) is 29.0 Å². The summed E-state index contributed by atoms with van der Waals surface area (Å²) in [5.74, 6) is 0.245. The van der Waals surface area contributed by atoms with Crippen LogP contribution >= 0.6 is 23.2 Å². The fourth-order valence-electron chi connectivity index (χ4n) is 3.20. The number of nitrogens with one attached hydrogen (secondary N) is 1. The number of hydrogen-bond acceptors (Lipinski definition) is 4. The number of hydrogen-bond donors (Lipinski definition) is 1. The molecule has 0 radical (unpaired) electrons. The van der Waals surface area contributed by atoms with Crippen molar-refractivity contribution in [1.29, 1.82) is 0 Å². The third-order valence-corrected chi connectivity index (χ3v) is 5.92. The third kappa shape index (κ3) is 6.33. The normalized spacial score (nSPS) is 13.2. The number of carbonyl (C=O) groups excluding carboxylic acids is 1. The Morgan fingerprint density at radius 1 is 1.13 bits per heavy atom. The second-order valence-corrected chi connectivity index (χ2v) is 8.48. The lowest BCUT2D eigenvalue weighted by Gasteiger charge is -2.28. The molecule has 7 heteroatoms. The zero-order chi connectivity index (χ0) is 22.4. The first-order chi connectivity index (χ1) is 14.9. The molecule has 0 saturated heterocycles. The minimum absolute atomic E-state index is 0.0669. The summed E-state index contributed by atoms with van der Waals surface area (Å²) in [6, 6.07) is 15.8. The Hall–Kier alpha value is -2.34. The molecule has 2 aromatic carbocycles. The summed E-state index contributed by atoms with van der Waals surface area (Å²) in [4.78, 5) is 19.0. The van der Waals surface area contributed by atoms with Gasteiger partial charge in [0.15, 0.2) is 5.69 Å². The largest absolute Gasteiger partial charge is 0.447 e. The topological polar surface area (TPSA) is 58.4 Å². The van der Waals surface area contributed by atoms with Gasteiger partial charge in [0.05, 0.1) is 6.54 Å². The van der Waals surface area contributed by atoms with E-state index >= 15 is 0 Å². The van der Waals surface area contributed by atoms with Crippen molar-refractivity contribution in [1.82, 2.24) is 15.2 Å². The number of nitrogens with zero attached hydrogens (tertiary/aromatic N) is 2. The van der Waals surface area contributed by atoms with Crippen LogP contribution < -0.4 is 5.32 Å². The SMILES string of the molecule is CC[C@@H](C)NC(=O)c1coc(CN(Cc2ccc(Cl)cc2Cl)[C@H](C)c2ccccc2)n1. The highest BCUT2D eigenvalue weighted by atomic mass is 35.5. The van der Waals surface area contributed by atoms with Gasteiger partial charge in [-0.05, 0) is 43.5 Å². The molecule has 0 spiro atoms. The van der Waals surface area contributed by atoms with E-state index in [2.05, 4.69) is 34.3 Å². The van der Waals surface area contributed by atoms with Gasteiger partial charge >= 0.3 is 0 Å². The van der Waals surface area contributed by atoms with Gasteiger partial charge in [0.1, 0.15) is 6.26 Å². The van der Waals surface area contributed by atoms with Crippen LogP contribution in [0.5, 0.6) is 0 Å². The fourth-order valence-corrected chi connectivity index (χ4v) is 3.67. The zero-order valence-corrected chi connectivity index (χ0v) is 19.5. The predicted molar refractivity (Wildman–Crippen MR) is 124 cm³/mol. The van der Waals surface area contributed by atoms with Crippen LogP contribution in [0.1, 0.15) is 60.7 Å². The summed E-state index contributed by atoms with van der Waals surface area (Å²) >= 11 is 12.5. The van der Waals surface area contributed by atoms with Gasteiger partial charge in [0.25, 0.3) is 5.91 Å². The Balaban J connectivity index is 1.82. The van der Waals surface area contributed by atoms with Crippen molar-refractivity contribution in [3.05, 3.63) is 87.6 Å². The van der Waals surface area contributed by atoms with Gasteiger partial charge < -0.3 is 9.73 Å². The van der Waals surface area contributed by atoms with Gasteiger partial charge in [0, 0.05) is 28.7 Å². The Kier molecular flexibility index (Phi) is 8.13. The molecule has 1 heterocycles. The highest BCUT2D eigenvalue weighted by Gasteiger charge is 2.21. The van der Waals surface area contributed by atoms with Gasteiger partial charge in [-0.1, -0.05) is 66.5 Å². The lowest BCUT2D eigenvalue weighted by atomic mass is 10.1. The van der Waals surface area contributed by atoms with Crippen molar-refractivity contribution in [2.24, 2.45) is 0 Å². The van der Waals surface area contributed by atoms with Crippen molar-refractivity contribution in [2.45, 2.75) is 52.4 Å². The lowest BCUT2D eigenvalue weighted by Crippen LogP contribution is -2.32. The average molecular weight is 460 g/mol. The molecule has 0 aliphatic heterocycles. The molecule has 0 bridgehead atoms. The number of rotatable bonds is 9. The smallest absolute Gasteiger partial charge is 0.273 e. The molecule has 31 heavy (non-hydrogen) atoms. The molecule has 2 atom stereocenters. The van der Waals surface area contributed by atoms with E-state index in [9.17, 15) is 4.79 Å². The molecule has 0 fully saturated rings. The summed E-state index contributed by atoms with van der Waals surface area (Å²) in [5, 5.41) is 4.12. The highest BCUT2D eigenvalue weighted by molar-refractivity contribution is 6.35. The molecule has 3 rings (SSSR count). The lowest BCUT2D eigenvalue weighted by molar-refractivity contribution is 0.0934. The third-order valence-electron chi connectivity index (χ3n) is 5.33. The second kappa shape index (κ2) is 10.8. The summed E-state index contributed by atoms with van der Waals surface area (Å²) in [6.45, 7) is 7.09. The standard InChI is InChI=1S/C24H27Cl2N3O2/c1-4-16(2)27-24(30)22-15-31-23(28-22)14-29(17(3)18-8-6-5-7-9-18)13-19-10-11-20(25)12-21(19)26/h5-12,15-17H,4,13-14H2,1-3H3,(H,27,30)/t16-,17-/m1/s1. The first kappa shape index (κ1) is 23.3. The minimum atomic E-state index is -0.229. The molecular formula is C24H27Cl2N3O2. The van der Waals surface area contributed by atoms with E-state index < -0.39 is 0 Å². The van der Waals surface area contributed by atoms with Crippen molar-refractivity contribution < 1.29 is 9.21 Å². The zero-order valence-electron chi connectivity index (χ0n) is 17.9. The van der Waals surface area contributed by atoms with Crippen LogP contribution in [-0.4, -0.2) is 21.8 Å². The molecule has 0 aliphatic rings. The Bertz CT molecular complexity index is 1010. The number of halogens is 2. The van der Waals surface area contributed by atoms with Crippen LogP contribution in [0.25, 0.3) is 0 Å². The first-order valence-corrected chi connectivity index (χ1v) is 11.1. The fraction of sp³-hybridized carbons (Fsp3) is 0.333. The van der Waals surface area contributed by atoms with Gasteiger partial charge in [-0.2, -0.15) is 0 Å². The van der Waals surface area contributed by atoms with Gasteiger partial charge in [0.2, 0.25) is 5.89 Å². The van der Waals surface area contributed by atoms with E-state index in [1.54, 1.807) is 6.07 Å². The first-order valence-electron chi connectivity index (χ1n) is 10.4. The van der Waals surface area contributed by atoms with Gasteiger partial charge in [-0.25, -0.2) is 4.98 Å². The van der Waals surface area contributed by atoms with Gasteiger partial charge in [-0.3, -0.25) is 9.69 Å². The highest BCUT2D eigenvalue weighted by Crippen LogP contribution is 2.28. The predicted octanol–water partition coefficient (Wildman–Crippen LogP) is 6.27. The molecule has 0 saturated carbocycles. The molecule has 0 aliphatic carbocycles. The van der Waals surface area contributed by atoms with Crippen molar-refractivity contribution in [2.75, 3.05) is 0 Å². The minimum Gasteiger partial charge on any atom is -0.447 e. The number of oxazole rings is 1. The van der Waals surface area contributed by atoms with Gasteiger partial charge in [-0.15, -0.1) is 0 Å². The molecule has 1 N–H and O–H groups in total. The van der Waals surface area contributed by atoms with E-state index in [4.69, 9.17) is 27.6 Å². The van der Waals surface area contributed by atoms with Crippen molar-refractivity contribution >= 4 is 29.1 Å². The molecule has 3 aromatic rings. The molecule has 5 nitrogen and oxygen atoms in total. The number of carbonyl (C=O) groups is 1. The van der Waals surface area contributed by atoms with E-state index in [1.807, 2.05) is 44.2 Å². The molecule has 0 unspecified atom stereocenters. The van der Waals surface area contributed by atoms with E-state index in [-0.39, 0.29) is 23.7 Å². The quantitative estimate of drug-likeness (QED) is 0.409. The van der Waals surface area contributed by atoms with Crippen LogP contribution in [0.3, 0.4) is 0 Å². The number of aromatic nitrogens is 1. The summed E-state index contributed by atoms with van der Waals surface area (Å²) < 4.78 is 5.64. The molecule has 164 valence electrons. The van der Waals surface area contributed by atoms with Crippen LogP contribution in [0, 0.1) is 0 Å². The van der Waals surface area contributed by atoms with Crippen LogP contribution in [0.4, 0.5) is 0 Å². The number of benzene rings is 2. The van der Waals surface area contributed by atoms with Crippen LogP contribution in [0.2, 0.25) is 10.0 Å². The molecule has 1 amide bonds. The Morgan fingerprint density at radius 3 is 2.55 bits per heavy atom. The summed E-state index contributed by atoms with van der Waals surface area (Å²) in [6.07, 6.45) is 2.26. The Morgan fingerprint density at radius 2 is 1.87 bits per heavy atom. The molecule has 1 aromatic heterocycles.